The summed E-state index contributed by atoms with van der Waals surface area (Å²) in [5.41, 5.74) is 2.41. The van der Waals surface area contributed by atoms with E-state index in [-0.39, 0.29) is 0 Å². The summed E-state index contributed by atoms with van der Waals surface area (Å²) in [6.45, 7) is 0.799. The van der Waals surface area contributed by atoms with Gasteiger partial charge < -0.3 is 10.1 Å². The number of aromatic nitrogens is 2. The van der Waals surface area contributed by atoms with Crippen LogP contribution < -0.4 is 10.1 Å². The molecule has 104 valence electrons. The number of benzene rings is 1. The zero-order valence-electron chi connectivity index (χ0n) is 11.6. The molecule has 0 bridgehead atoms. The second-order valence-electron chi connectivity index (χ2n) is 5.23. The number of rotatable bonds is 5. The van der Waals surface area contributed by atoms with Crippen LogP contribution in [0.2, 0.25) is 0 Å². The lowest BCUT2D eigenvalue weighted by Crippen LogP contribution is -2.39. The molecule has 3 rings (SSSR count). The number of hydrogen-bond acceptors (Lipinski definition) is 4. The van der Waals surface area contributed by atoms with E-state index in [1.807, 2.05) is 24.3 Å². The van der Waals surface area contributed by atoms with Crippen molar-refractivity contribution in [3.05, 3.63) is 53.9 Å². The first-order chi connectivity index (χ1) is 9.85. The molecule has 4 heteroatoms. The van der Waals surface area contributed by atoms with Gasteiger partial charge >= 0.3 is 0 Å². The Hall–Kier alpha value is -1.94. The first-order valence-corrected chi connectivity index (χ1v) is 6.99. The lowest BCUT2D eigenvalue weighted by molar-refractivity contribution is 0.288. The van der Waals surface area contributed by atoms with Gasteiger partial charge in [0.1, 0.15) is 5.75 Å². The van der Waals surface area contributed by atoms with Crippen LogP contribution in [0.4, 0.5) is 0 Å². The average molecular weight is 269 g/mol. The van der Waals surface area contributed by atoms with Gasteiger partial charge in [-0.15, -0.1) is 0 Å². The second kappa shape index (κ2) is 6.01. The summed E-state index contributed by atoms with van der Waals surface area (Å²) in [6.07, 6.45) is 4.08. The van der Waals surface area contributed by atoms with Crippen LogP contribution in [0.25, 0.3) is 0 Å². The standard InChI is InChI=1S/C16H19N3O/c1-20-16-6-4-12(5-7-16)13-9-15(10-13)17-11-14-3-2-8-18-19-14/h2-8,13,15,17H,9-11H2,1H3. The molecule has 2 aromatic rings. The molecule has 0 aliphatic heterocycles. The summed E-state index contributed by atoms with van der Waals surface area (Å²) in [4.78, 5) is 0. The molecule has 0 saturated heterocycles. The molecule has 1 aliphatic rings. The van der Waals surface area contributed by atoms with Crippen molar-refractivity contribution >= 4 is 0 Å². The summed E-state index contributed by atoms with van der Waals surface area (Å²) in [5, 5.41) is 11.5. The summed E-state index contributed by atoms with van der Waals surface area (Å²) in [6, 6.07) is 12.9. The fourth-order valence-electron chi connectivity index (χ4n) is 2.61. The van der Waals surface area contributed by atoms with Crippen molar-refractivity contribution in [2.45, 2.75) is 31.3 Å². The molecule has 0 spiro atoms. The first kappa shape index (κ1) is 13.1. The molecule has 1 aliphatic carbocycles. The predicted octanol–water partition coefficient (Wildman–Crippen LogP) is 2.52. The van der Waals surface area contributed by atoms with E-state index in [0.29, 0.717) is 12.0 Å². The minimum Gasteiger partial charge on any atom is -0.497 e. The lowest BCUT2D eigenvalue weighted by atomic mass is 9.76. The molecule has 1 N–H and O–H groups in total. The Kier molecular flexibility index (Phi) is 3.92. The topological polar surface area (TPSA) is 47.0 Å². The number of nitrogens with one attached hydrogen (secondary N) is 1. The Morgan fingerprint density at radius 1 is 1.20 bits per heavy atom. The van der Waals surface area contributed by atoms with E-state index in [1.165, 1.54) is 18.4 Å². The highest BCUT2D eigenvalue weighted by Crippen LogP contribution is 2.37. The van der Waals surface area contributed by atoms with Crippen LogP contribution in [0.5, 0.6) is 5.75 Å². The highest BCUT2D eigenvalue weighted by molar-refractivity contribution is 5.30. The minimum atomic E-state index is 0.587. The normalized spacial score (nSPS) is 21.2. The summed E-state index contributed by atoms with van der Waals surface area (Å²) in [7, 11) is 1.70. The predicted molar refractivity (Wildman–Crippen MR) is 77.6 cm³/mol. The van der Waals surface area contributed by atoms with Gasteiger partial charge in [-0.2, -0.15) is 10.2 Å². The Morgan fingerprint density at radius 3 is 2.65 bits per heavy atom. The van der Waals surface area contributed by atoms with Crippen LogP contribution in [0.1, 0.15) is 30.0 Å². The van der Waals surface area contributed by atoms with Crippen molar-refractivity contribution < 1.29 is 4.74 Å². The highest BCUT2D eigenvalue weighted by atomic mass is 16.5. The van der Waals surface area contributed by atoms with Gasteiger partial charge in [0, 0.05) is 18.8 Å². The van der Waals surface area contributed by atoms with Crippen molar-refractivity contribution in [3.8, 4) is 5.75 Å². The molecular weight excluding hydrogens is 250 g/mol. The maximum atomic E-state index is 5.18. The quantitative estimate of drug-likeness (QED) is 0.906. The van der Waals surface area contributed by atoms with Gasteiger partial charge in [0.15, 0.2) is 0 Å². The number of methoxy groups -OCH3 is 1. The third-order valence-electron chi connectivity index (χ3n) is 3.92. The largest absolute Gasteiger partial charge is 0.497 e. The minimum absolute atomic E-state index is 0.587. The summed E-state index contributed by atoms with van der Waals surface area (Å²) in [5.74, 6) is 1.59. The van der Waals surface area contributed by atoms with Gasteiger partial charge in [-0.3, -0.25) is 0 Å². The van der Waals surface area contributed by atoms with Crippen LogP contribution >= 0.6 is 0 Å². The van der Waals surface area contributed by atoms with Gasteiger partial charge in [-0.1, -0.05) is 12.1 Å². The van der Waals surface area contributed by atoms with Gasteiger partial charge in [0.25, 0.3) is 0 Å². The molecule has 0 radical (unpaired) electrons. The van der Waals surface area contributed by atoms with Crippen molar-refractivity contribution in [2.75, 3.05) is 7.11 Å². The molecule has 1 saturated carbocycles. The molecular formula is C16H19N3O. The maximum absolute atomic E-state index is 5.18. The first-order valence-electron chi connectivity index (χ1n) is 6.99. The van der Waals surface area contributed by atoms with E-state index >= 15 is 0 Å². The number of ether oxygens (including phenoxy) is 1. The third kappa shape index (κ3) is 2.96. The van der Waals surface area contributed by atoms with E-state index in [2.05, 4.69) is 27.6 Å². The Balaban J connectivity index is 1.46. The Labute approximate surface area is 119 Å². The van der Waals surface area contributed by atoms with E-state index < -0.39 is 0 Å². The maximum Gasteiger partial charge on any atom is 0.118 e. The molecule has 0 unspecified atom stereocenters. The van der Waals surface area contributed by atoms with E-state index in [0.717, 1.165) is 18.0 Å². The summed E-state index contributed by atoms with van der Waals surface area (Å²) < 4.78 is 5.18. The SMILES string of the molecule is COc1ccc(C2CC(NCc3cccnn3)C2)cc1. The fraction of sp³-hybridized carbons (Fsp3) is 0.375. The second-order valence-corrected chi connectivity index (χ2v) is 5.23. The molecule has 0 atom stereocenters. The number of nitrogens with zero attached hydrogens (tertiary/aromatic N) is 2. The fourth-order valence-corrected chi connectivity index (χ4v) is 2.61. The molecule has 4 nitrogen and oxygen atoms in total. The molecule has 1 heterocycles. The monoisotopic (exact) mass is 269 g/mol. The van der Waals surface area contributed by atoms with Crippen molar-refractivity contribution in [1.82, 2.24) is 15.5 Å². The molecule has 1 aromatic heterocycles. The average Bonchev–Trinajstić information content (AvgIpc) is 2.47. The molecule has 0 amide bonds. The number of hydrogen-bond donors (Lipinski definition) is 1. The van der Waals surface area contributed by atoms with Crippen LogP contribution in [0.15, 0.2) is 42.6 Å². The molecule has 1 aromatic carbocycles. The van der Waals surface area contributed by atoms with Gasteiger partial charge in [-0.05, 0) is 48.6 Å². The van der Waals surface area contributed by atoms with Gasteiger partial charge in [0.2, 0.25) is 0 Å². The van der Waals surface area contributed by atoms with Crippen molar-refractivity contribution in [1.29, 1.82) is 0 Å². The Morgan fingerprint density at radius 2 is 2.00 bits per heavy atom. The zero-order chi connectivity index (χ0) is 13.8. The third-order valence-corrected chi connectivity index (χ3v) is 3.92. The Bertz CT molecular complexity index is 535. The molecule has 1 fully saturated rings. The van der Waals surface area contributed by atoms with E-state index in [9.17, 15) is 0 Å². The lowest BCUT2D eigenvalue weighted by Gasteiger charge is -2.36. The van der Waals surface area contributed by atoms with Crippen molar-refractivity contribution in [3.63, 3.8) is 0 Å². The van der Waals surface area contributed by atoms with Gasteiger partial charge in [-0.25, -0.2) is 0 Å². The van der Waals surface area contributed by atoms with Crippen LogP contribution in [-0.2, 0) is 6.54 Å². The summed E-state index contributed by atoms with van der Waals surface area (Å²) >= 11 is 0. The highest BCUT2D eigenvalue weighted by Gasteiger charge is 2.29. The van der Waals surface area contributed by atoms with E-state index in [4.69, 9.17) is 4.74 Å². The van der Waals surface area contributed by atoms with E-state index in [1.54, 1.807) is 13.3 Å². The molecule has 20 heavy (non-hydrogen) atoms. The van der Waals surface area contributed by atoms with Gasteiger partial charge in [0.05, 0.1) is 12.8 Å². The zero-order valence-corrected chi connectivity index (χ0v) is 11.6. The van der Waals surface area contributed by atoms with Crippen LogP contribution in [0, 0.1) is 0 Å². The van der Waals surface area contributed by atoms with Crippen LogP contribution in [0.3, 0.4) is 0 Å². The van der Waals surface area contributed by atoms with Crippen LogP contribution in [-0.4, -0.2) is 23.3 Å². The van der Waals surface area contributed by atoms with Crippen molar-refractivity contribution in [2.24, 2.45) is 0 Å². The smallest absolute Gasteiger partial charge is 0.118 e.